The van der Waals surface area contributed by atoms with Crippen LogP contribution in [0.4, 0.5) is 9.52 Å². The number of aromatic nitrogens is 2. The minimum Gasteiger partial charge on any atom is -0.507 e. The first-order valence-corrected chi connectivity index (χ1v) is 14.5. The van der Waals surface area contributed by atoms with Crippen LogP contribution in [-0.4, -0.2) is 38.7 Å². The van der Waals surface area contributed by atoms with Crippen molar-refractivity contribution in [1.29, 1.82) is 0 Å². The lowest BCUT2D eigenvalue weighted by molar-refractivity contribution is -0.132. The van der Waals surface area contributed by atoms with Gasteiger partial charge in [-0.05, 0) is 61.7 Å². The summed E-state index contributed by atoms with van der Waals surface area (Å²) in [5.74, 6) is -2.05. The van der Waals surface area contributed by atoms with Crippen molar-refractivity contribution in [3.8, 4) is 11.5 Å². The van der Waals surface area contributed by atoms with E-state index in [-0.39, 0.29) is 40.4 Å². The van der Waals surface area contributed by atoms with Crippen LogP contribution >= 0.6 is 23.1 Å². The molecule has 0 bridgehead atoms. The first-order valence-electron chi connectivity index (χ1n) is 12.7. The standard InChI is InChI=1S/C30H26FN3O5S2/c1-4-39-23-14-18(11-12-22(23)35)25-24(26(36)20-13-16(2)9-10-17(20)3)27(37)28(38)34(25)29-32-33-30(41-29)40-15-19-7-5-6-8-21(19)31/h5-14,25,35-36H,4,15H2,1-3H3. The van der Waals surface area contributed by atoms with Crippen molar-refractivity contribution >= 4 is 45.7 Å². The van der Waals surface area contributed by atoms with Crippen molar-refractivity contribution in [3.63, 3.8) is 0 Å². The van der Waals surface area contributed by atoms with Gasteiger partial charge in [-0.3, -0.25) is 14.5 Å². The fraction of sp³-hybridized carbons (Fsp3) is 0.200. The van der Waals surface area contributed by atoms with Crippen molar-refractivity contribution in [2.45, 2.75) is 36.9 Å². The van der Waals surface area contributed by atoms with E-state index in [1.807, 2.05) is 19.1 Å². The van der Waals surface area contributed by atoms with Gasteiger partial charge in [-0.2, -0.15) is 0 Å². The number of halogens is 1. The van der Waals surface area contributed by atoms with Crippen LogP contribution in [0.15, 0.2) is 70.6 Å². The molecule has 0 spiro atoms. The fourth-order valence-corrected chi connectivity index (χ4v) is 6.42. The average molecular weight is 592 g/mol. The van der Waals surface area contributed by atoms with Crippen LogP contribution in [-0.2, 0) is 15.3 Å². The van der Waals surface area contributed by atoms with E-state index < -0.39 is 17.7 Å². The predicted octanol–water partition coefficient (Wildman–Crippen LogP) is 6.32. The number of Topliss-reactive ketones (excluding diaryl/α,β-unsaturated/α-hetero) is 1. The maximum Gasteiger partial charge on any atom is 0.301 e. The highest BCUT2D eigenvalue weighted by molar-refractivity contribution is 8.00. The Labute approximate surface area is 244 Å². The van der Waals surface area contributed by atoms with Gasteiger partial charge in [0, 0.05) is 11.3 Å². The third-order valence-electron chi connectivity index (χ3n) is 6.60. The van der Waals surface area contributed by atoms with Crippen LogP contribution in [0.2, 0.25) is 0 Å². The lowest BCUT2D eigenvalue weighted by Gasteiger charge is -2.23. The molecule has 0 saturated carbocycles. The van der Waals surface area contributed by atoms with E-state index >= 15 is 0 Å². The Balaban J connectivity index is 1.61. The number of aliphatic hydroxyl groups is 1. The van der Waals surface area contributed by atoms with Crippen molar-refractivity contribution in [2.75, 3.05) is 11.5 Å². The molecule has 0 aliphatic carbocycles. The second-order valence-electron chi connectivity index (χ2n) is 9.38. The van der Waals surface area contributed by atoms with Crippen LogP contribution in [0.3, 0.4) is 0 Å². The molecule has 1 aromatic heterocycles. The van der Waals surface area contributed by atoms with Crippen LogP contribution in [0, 0.1) is 19.7 Å². The number of carbonyl (C=O) groups excluding carboxylic acids is 2. The van der Waals surface area contributed by atoms with Gasteiger partial charge in [-0.1, -0.05) is 65.1 Å². The summed E-state index contributed by atoms with van der Waals surface area (Å²) >= 11 is 2.33. The Morgan fingerprint density at radius 3 is 2.63 bits per heavy atom. The highest BCUT2D eigenvalue weighted by Crippen LogP contribution is 2.45. The molecule has 11 heteroatoms. The molecule has 1 aliphatic rings. The lowest BCUT2D eigenvalue weighted by Crippen LogP contribution is -2.29. The SMILES string of the molecule is CCOc1cc(C2C(=C(O)c3cc(C)ccc3C)C(=O)C(=O)N2c2nnc(SCc3ccccc3F)s2)ccc1O. The molecular weight excluding hydrogens is 565 g/mol. The number of nitrogens with zero attached hydrogens (tertiary/aromatic N) is 3. The fourth-order valence-electron chi connectivity index (χ4n) is 4.57. The zero-order valence-electron chi connectivity index (χ0n) is 22.4. The molecule has 8 nitrogen and oxygen atoms in total. The quantitative estimate of drug-likeness (QED) is 0.0805. The van der Waals surface area contributed by atoms with Gasteiger partial charge in [-0.15, -0.1) is 10.2 Å². The first-order chi connectivity index (χ1) is 19.7. The number of phenols is 1. The second-order valence-corrected chi connectivity index (χ2v) is 11.6. The number of aryl methyl sites for hydroxylation is 2. The molecule has 2 heterocycles. The van der Waals surface area contributed by atoms with Gasteiger partial charge >= 0.3 is 5.91 Å². The summed E-state index contributed by atoms with van der Waals surface area (Å²) < 4.78 is 20.1. The number of hydrogen-bond acceptors (Lipinski definition) is 9. The van der Waals surface area contributed by atoms with Gasteiger partial charge < -0.3 is 14.9 Å². The van der Waals surface area contributed by atoms with Gasteiger partial charge in [0.05, 0.1) is 18.2 Å². The molecule has 1 atom stereocenters. The molecule has 1 saturated heterocycles. The van der Waals surface area contributed by atoms with Crippen LogP contribution in [0.25, 0.3) is 5.76 Å². The second kappa shape index (κ2) is 11.7. The largest absolute Gasteiger partial charge is 0.507 e. The maximum absolute atomic E-state index is 14.1. The summed E-state index contributed by atoms with van der Waals surface area (Å²) in [5.41, 5.74) is 2.82. The van der Waals surface area contributed by atoms with Gasteiger partial charge in [0.25, 0.3) is 5.78 Å². The molecule has 1 unspecified atom stereocenters. The van der Waals surface area contributed by atoms with E-state index in [1.165, 1.54) is 34.9 Å². The molecule has 41 heavy (non-hydrogen) atoms. The Kier molecular flexibility index (Phi) is 8.09. The van der Waals surface area contributed by atoms with E-state index in [2.05, 4.69) is 10.2 Å². The van der Waals surface area contributed by atoms with Crippen molar-refractivity contribution in [3.05, 3.63) is 99.9 Å². The van der Waals surface area contributed by atoms with Gasteiger partial charge in [-0.25, -0.2) is 4.39 Å². The van der Waals surface area contributed by atoms with Gasteiger partial charge in [0.1, 0.15) is 11.6 Å². The summed E-state index contributed by atoms with van der Waals surface area (Å²) in [6, 6.07) is 15.3. The topological polar surface area (TPSA) is 113 Å². The summed E-state index contributed by atoms with van der Waals surface area (Å²) in [7, 11) is 0. The third-order valence-corrected chi connectivity index (χ3v) is 8.71. The molecule has 210 valence electrons. The number of benzene rings is 3. The van der Waals surface area contributed by atoms with Crippen molar-refractivity contribution in [1.82, 2.24) is 10.2 Å². The van der Waals surface area contributed by atoms with E-state index in [0.717, 1.165) is 22.5 Å². The Hall–Kier alpha value is -4.22. The minimum atomic E-state index is -1.08. The smallest absolute Gasteiger partial charge is 0.301 e. The first kappa shape index (κ1) is 28.3. The molecule has 3 aromatic carbocycles. The van der Waals surface area contributed by atoms with Gasteiger partial charge in [0.15, 0.2) is 15.8 Å². The van der Waals surface area contributed by atoms with Crippen molar-refractivity contribution in [2.24, 2.45) is 0 Å². The molecule has 1 fully saturated rings. The summed E-state index contributed by atoms with van der Waals surface area (Å²) in [5, 5.41) is 30.3. The summed E-state index contributed by atoms with van der Waals surface area (Å²) in [6.07, 6.45) is 0. The van der Waals surface area contributed by atoms with E-state index in [0.29, 0.717) is 26.8 Å². The highest BCUT2D eigenvalue weighted by atomic mass is 32.2. The Bertz CT molecular complexity index is 1690. The zero-order valence-corrected chi connectivity index (χ0v) is 24.1. The molecule has 0 radical (unpaired) electrons. The summed E-state index contributed by atoms with van der Waals surface area (Å²) in [6.45, 7) is 5.71. The number of phenolic OH excluding ortho intramolecular Hbond substituents is 1. The number of ketones is 1. The number of thioether (sulfide) groups is 1. The average Bonchev–Trinajstić information content (AvgIpc) is 3.52. The Morgan fingerprint density at radius 1 is 1.10 bits per heavy atom. The van der Waals surface area contributed by atoms with Crippen LogP contribution in [0.1, 0.15) is 40.8 Å². The monoisotopic (exact) mass is 591 g/mol. The normalized spacial score (nSPS) is 16.4. The maximum atomic E-state index is 14.1. The van der Waals surface area contributed by atoms with E-state index in [1.54, 1.807) is 44.2 Å². The van der Waals surface area contributed by atoms with Crippen LogP contribution in [0.5, 0.6) is 11.5 Å². The molecule has 1 amide bonds. The van der Waals surface area contributed by atoms with Crippen LogP contribution < -0.4 is 9.64 Å². The number of amides is 1. The molecular formula is C30H26FN3O5S2. The number of ether oxygens (including phenoxy) is 1. The predicted molar refractivity (Wildman–Crippen MR) is 156 cm³/mol. The van der Waals surface area contributed by atoms with E-state index in [4.69, 9.17) is 4.74 Å². The molecule has 1 aliphatic heterocycles. The zero-order chi connectivity index (χ0) is 29.3. The van der Waals surface area contributed by atoms with Gasteiger partial charge in [0.2, 0.25) is 5.13 Å². The number of rotatable bonds is 8. The number of carbonyl (C=O) groups is 2. The summed E-state index contributed by atoms with van der Waals surface area (Å²) in [4.78, 5) is 28.3. The number of aliphatic hydroxyl groups excluding tert-OH is 1. The highest BCUT2D eigenvalue weighted by Gasteiger charge is 2.48. The third kappa shape index (κ3) is 5.55. The number of hydrogen-bond donors (Lipinski definition) is 2. The Morgan fingerprint density at radius 2 is 1.88 bits per heavy atom. The molecule has 4 aromatic rings. The lowest BCUT2D eigenvalue weighted by atomic mass is 9.93. The van der Waals surface area contributed by atoms with E-state index in [9.17, 15) is 24.2 Å². The minimum absolute atomic E-state index is 0.107. The molecule has 5 rings (SSSR count). The number of anilines is 1. The molecule has 2 N–H and O–H groups in total. The number of aromatic hydroxyl groups is 1. The van der Waals surface area contributed by atoms with Crippen molar-refractivity contribution < 1.29 is 28.9 Å².